The third-order valence-corrected chi connectivity index (χ3v) is 3.57. The number of halogens is 7. The van der Waals surface area contributed by atoms with Crippen molar-refractivity contribution < 1.29 is 31.4 Å². The van der Waals surface area contributed by atoms with Crippen molar-refractivity contribution in [3.05, 3.63) is 70.5 Å². The molecule has 0 aromatic heterocycles. The van der Waals surface area contributed by atoms with Gasteiger partial charge in [-0.3, -0.25) is 0 Å². The van der Waals surface area contributed by atoms with Crippen LogP contribution in [-0.4, -0.2) is 17.2 Å². The summed E-state index contributed by atoms with van der Waals surface area (Å²) in [6.07, 6.45) is -6.06. The zero-order valence-corrected chi connectivity index (χ0v) is 12.0. The molecule has 0 aliphatic heterocycles. The first kappa shape index (κ1) is 17.6. The quantitative estimate of drug-likeness (QED) is 0.776. The Kier molecular flexibility index (Phi) is 4.38. The van der Waals surface area contributed by atoms with E-state index < -0.39 is 34.6 Å². The number of benzene rings is 2. The lowest BCUT2D eigenvalue weighted by Crippen LogP contribution is -2.55. The minimum Gasteiger partial charge on any atom is -0.374 e. The first-order valence-corrected chi connectivity index (χ1v) is 6.57. The summed E-state index contributed by atoms with van der Waals surface area (Å²) in [5.41, 5.74) is -5.50. The average Bonchev–Trinajstić information content (AvgIpc) is 2.45. The smallest absolute Gasteiger partial charge is 0.374 e. The molecule has 0 spiro atoms. The monoisotopic (exact) mass is 354 g/mol. The van der Waals surface area contributed by atoms with E-state index in [1.165, 1.54) is 0 Å². The summed E-state index contributed by atoms with van der Waals surface area (Å²) in [4.78, 5) is 0. The molecule has 0 aliphatic carbocycles. The Hall–Kier alpha value is -1.73. The predicted molar refractivity (Wildman–Crippen MR) is 71.9 cm³/mol. The second-order valence-electron chi connectivity index (χ2n) is 4.80. The van der Waals surface area contributed by atoms with Gasteiger partial charge in [0.2, 0.25) is 0 Å². The topological polar surface area (TPSA) is 20.2 Å². The Bertz CT molecular complexity index is 698. The maximum Gasteiger partial charge on any atom is 0.457 e. The number of hydrogen-bond acceptors (Lipinski definition) is 1. The Morgan fingerprint density at radius 2 is 1.39 bits per heavy atom. The summed E-state index contributed by atoms with van der Waals surface area (Å²) in [5.74, 6) is -6.63. The lowest BCUT2D eigenvalue weighted by Gasteiger charge is -2.37. The minimum atomic E-state index is -6.06. The second kappa shape index (κ2) is 5.72. The summed E-state index contributed by atoms with van der Waals surface area (Å²) in [6, 6.07) is 6.75. The molecule has 2 aromatic rings. The fourth-order valence-electron chi connectivity index (χ4n) is 2.14. The summed E-state index contributed by atoms with van der Waals surface area (Å²) < 4.78 is 80.0. The molecule has 0 radical (unpaired) electrons. The predicted octanol–water partition coefficient (Wildman–Crippen LogP) is 4.91. The van der Waals surface area contributed by atoms with E-state index in [2.05, 4.69) is 0 Å². The van der Waals surface area contributed by atoms with Gasteiger partial charge >= 0.3 is 12.1 Å². The minimum absolute atomic E-state index is 0.0747. The van der Waals surface area contributed by atoms with Gasteiger partial charge in [-0.15, -0.1) is 0 Å². The largest absolute Gasteiger partial charge is 0.457 e. The fraction of sp³-hybridized carbons (Fsp3) is 0.200. The molecular weight excluding hydrogens is 346 g/mol. The van der Waals surface area contributed by atoms with E-state index in [1.807, 2.05) is 0 Å². The van der Waals surface area contributed by atoms with Crippen molar-refractivity contribution in [2.75, 3.05) is 0 Å². The highest BCUT2D eigenvalue weighted by Gasteiger charge is 2.71. The molecule has 1 nitrogen and oxygen atoms in total. The van der Waals surface area contributed by atoms with Gasteiger partial charge in [0.25, 0.3) is 0 Å². The van der Waals surface area contributed by atoms with E-state index in [1.54, 1.807) is 0 Å². The zero-order chi connectivity index (χ0) is 17.5. The highest BCUT2D eigenvalue weighted by molar-refractivity contribution is 6.30. The van der Waals surface area contributed by atoms with Gasteiger partial charge in [0.05, 0.1) is 0 Å². The van der Waals surface area contributed by atoms with Gasteiger partial charge in [0.1, 0.15) is 5.82 Å². The highest BCUT2D eigenvalue weighted by Crippen LogP contribution is 2.51. The molecule has 0 bridgehead atoms. The average molecular weight is 355 g/mol. The van der Waals surface area contributed by atoms with E-state index in [0.717, 1.165) is 42.5 Å². The maximum atomic E-state index is 14.1. The molecule has 124 valence electrons. The maximum absolute atomic E-state index is 14.1. The molecule has 0 amide bonds. The summed E-state index contributed by atoms with van der Waals surface area (Å²) in [5, 5.41) is 10.4. The van der Waals surface area contributed by atoms with Crippen LogP contribution in [0, 0.1) is 5.82 Å². The number of alkyl halides is 5. The summed E-state index contributed by atoms with van der Waals surface area (Å²) >= 11 is 5.59. The van der Waals surface area contributed by atoms with E-state index in [9.17, 15) is 31.4 Å². The SMILES string of the molecule is OC(c1ccc(Cl)cc1)(c1cccc(F)c1)C(F)(F)C(F)(F)F. The first-order chi connectivity index (χ1) is 10.5. The van der Waals surface area contributed by atoms with E-state index >= 15 is 0 Å². The molecule has 1 N–H and O–H groups in total. The number of aliphatic hydroxyl groups is 1. The van der Waals surface area contributed by atoms with Gasteiger partial charge < -0.3 is 5.11 Å². The third-order valence-electron chi connectivity index (χ3n) is 3.31. The molecule has 0 saturated heterocycles. The van der Waals surface area contributed by atoms with Crippen LogP contribution < -0.4 is 0 Å². The second-order valence-corrected chi connectivity index (χ2v) is 5.24. The lowest BCUT2D eigenvalue weighted by molar-refractivity contribution is -0.336. The van der Waals surface area contributed by atoms with Gasteiger partial charge in [0.15, 0.2) is 5.60 Å². The summed E-state index contributed by atoms with van der Waals surface area (Å²) in [6.45, 7) is 0. The Morgan fingerprint density at radius 1 is 0.826 bits per heavy atom. The number of rotatable bonds is 3. The van der Waals surface area contributed by atoms with Crippen LogP contribution in [0.2, 0.25) is 5.02 Å². The van der Waals surface area contributed by atoms with Crippen LogP contribution in [0.5, 0.6) is 0 Å². The normalized spacial score (nSPS) is 15.3. The molecular formula is C15H9ClF6O. The molecule has 1 atom stereocenters. The molecule has 1 unspecified atom stereocenters. The van der Waals surface area contributed by atoms with Crippen molar-refractivity contribution in [3.8, 4) is 0 Å². The van der Waals surface area contributed by atoms with Gasteiger partial charge in [-0.25, -0.2) is 4.39 Å². The van der Waals surface area contributed by atoms with Crippen LogP contribution in [0.1, 0.15) is 11.1 Å². The molecule has 0 fully saturated rings. The van der Waals surface area contributed by atoms with Crippen LogP contribution in [0.25, 0.3) is 0 Å². The van der Waals surface area contributed by atoms with E-state index in [-0.39, 0.29) is 5.02 Å². The van der Waals surface area contributed by atoms with Crippen molar-refractivity contribution in [1.29, 1.82) is 0 Å². The molecule has 0 saturated carbocycles. The van der Waals surface area contributed by atoms with Crippen molar-refractivity contribution >= 4 is 11.6 Å². The van der Waals surface area contributed by atoms with Crippen molar-refractivity contribution in [1.82, 2.24) is 0 Å². The Balaban J connectivity index is 2.77. The first-order valence-electron chi connectivity index (χ1n) is 6.19. The van der Waals surface area contributed by atoms with E-state index in [0.29, 0.717) is 6.07 Å². The van der Waals surface area contributed by atoms with Gasteiger partial charge in [-0.1, -0.05) is 35.9 Å². The molecule has 0 heterocycles. The lowest BCUT2D eigenvalue weighted by atomic mass is 9.80. The Labute approximate surface area is 132 Å². The van der Waals surface area contributed by atoms with Gasteiger partial charge in [-0.2, -0.15) is 22.0 Å². The van der Waals surface area contributed by atoms with Crippen molar-refractivity contribution in [3.63, 3.8) is 0 Å². The molecule has 0 aliphatic rings. The van der Waals surface area contributed by atoms with Crippen LogP contribution in [0.3, 0.4) is 0 Å². The van der Waals surface area contributed by atoms with E-state index in [4.69, 9.17) is 11.6 Å². The summed E-state index contributed by atoms with van der Waals surface area (Å²) in [7, 11) is 0. The molecule has 23 heavy (non-hydrogen) atoms. The third kappa shape index (κ3) is 2.90. The zero-order valence-electron chi connectivity index (χ0n) is 11.2. The van der Waals surface area contributed by atoms with Crippen LogP contribution in [0.4, 0.5) is 26.3 Å². The molecule has 8 heteroatoms. The van der Waals surface area contributed by atoms with Crippen molar-refractivity contribution in [2.24, 2.45) is 0 Å². The number of hydrogen-bond donors (Lipinski definition) is 1. The van der Waals surface area contributed by atoms with Crippen LogP contribution >= 0.6 is 11.6 Å². The highest BCUT2D eigenvalue weighted by atomic mass is 35.5. The Morgan fingerprint density at radius 3 is 1.87 bits per heavy atom. The standard InChI is InChI=1S/C15H9ClF6O/c16-11-6-4-9(5-7-11)13(23,14(18,19)15(20,21)22)10-2-1-3-12(17)8-10/h1-8,23H. The van der Waals surface area contributed by atoms with Gasteiger partial charge in [-0.05, 0) is 35.4 Å². The molecule has 2 rings (SSSR count). The van der Waals surface area contributed by atoms with Crippen LogP contribution in [0.15, 0.2) is 48.5 Å². The van der Waals surface area contributed by atoms with Crippen molar-refractivity contribution in [2.45, 2.75) is 17.7 Å². The fourth-order valence-corrected chi connectivity index (χ4v) is 2.26. The molecule has 2 aromatic carbocycles. The van der Waals surface area contributed by atoms with Crippen LogP contribution in [-0.2, 0) is 5.60 Å². The van der Waals surface area contributed by atoms with Gasteiger partial charge in [0, 0.05) is 5.02 Å².